The van der Waals surface area contributed by atoms with Crippen molar-refractivity contribution in [3.05, 3.63) is 24.3 Å². The average molecular weight is 288 g/mol. The lowest BCUT2D eigenvalue weighted by molar-refractivity contribution is 0.415. The third-order valence-electron chi connectivity index (χ3n) is 2.74. The molecule has 2 aromatic heterocycles. The standard InChI is InChI=1S/C12H12N6OS/c1-19-8-5-3-7(4-6-8)9-14-11-16-12(20-2)15-10(13)18(11)17-9/h3-6H,1-2H3,(H2,13,14,15,16,17). The third kappa shape index (κ3) is 2.14. The zero-order valence-corrected chi connectivity index (χ0v) is 11.8. The van der Waals surface area contributed by atoms with Gasteiger partial charge in [0.2, 0.25) is 5.95 Å². The van der Waals surface area contributed by atoms with Gasteiger partial charge in [-0.1, -0.05) is 11.8 Å². The highest BCUT2D eigenvalue weighted by molar-refractivity contribution is 7.98. The zero-order chi connectivity index (χ0) is 14.1. The van der Waals surface area contributed by atoms with E-state index in [9.17, 15) is 0 Å². The minimum absolute atomic E-state index is 0.270. The van der Waals surface area contributed by atoms with Crippen LogP contribution in [0.25, 0.3) is 17.2 Å². The predicted octanol–water partition coefficient (Wildman–Crippen LogP) is 1.50. The Hall–Kier alpha value is -2.35. The van der Waals surface area contributed by atoms with E-state index in [-0.39, 0.29) is 5.95 Å². The van der Waals surface area contributed by atoms with E-state index in [2.05, 4.69) is 20.1 Å². The Balaban J connectivity index is 2.09. The summed E-state index contributed by atoms with van der Waals surface area (Å²) in [5, 5.41) is 4.89. The molecule has 3 rings (SSSR count). The topological polar surface area (TPSA) is 91.2 Å². The lowest BCUT2D eigenvalue weighted by Gasteiger charge is -1.99. The normalized spacial score (nSPS) is 10.9. The molecule has 0 spiro atoms. The number of fused-ring (bicyclic) bond motifs is 1. The second-order valence-electron chi connectivity index (χ2n) is 3.94. The van der Waals surface area contributed by atoms with Crippen LogP contribution in [0.2, 0.25) is 0 Å². The lowest BCUT2D eigenvalue weighted by atomic mass is 10.2. The summed E-state index contributed by atoms with van der Waals surface area (Å²) in [6.07, 6.45) is 1.88. The Labute approximate surface area is 119 Å². The Morgan fingerprint density at radius 2 is 1.90 bits per heavy atom. The summed E-state index contributed by atoms with van der Waals surface area (Å²) < 4.78 is 6.55. The molecule has 7 nitrogen and oxygen atoms in total. The van der Waals surface area contributed by atoms with Gasteiger partial charge in [0.15, 0.2) is 11.0 Å². The minimum atomic E-state index is 0.270. The van der Waals surface area contributed by atoms with Crippen molar-refractivity contribution in [1.29, 1.82) is 0 Å². The Kier molecular flexibility index (Phi) is 3.15. The van der Waals surface area contributed by atoms with Crippen LogP contribution < -0.4 is 10.5 Å². The molecule has 0 amide bonds. The molecule has 3 aromatic rings. The molecule has 8 heteroatoms. The molecule has 0 saturated heterocycles. The van der Waals surface area contributed by atoms with E-state index >= 15 is 0 Å². The van der Waals surface area contributed by atoms with Crippen molar-refractivity contribution in [1.82, 2.24) is 24.6 Å². The molecule has 2 heterocycles. The molecule has 102 valence electrons. The molecule has 0 fully saturated rings. The summed E-state index contributed by atoms with van der Waals surface area (Å²) in [6.45, 7) is 0. The average Bonchev–Trinajstić information content (AvgIpc) is 2.92. The highest BCUT2D eigenvalue weighted by Crippen LogP contribution is 2.21. The van der Waals surface area contributed by atoms with Gasteiger partial charge in [-0.3, -0.25) is 0 Å². The van der Waals surface area contributed by atoms with Crippen LogP contribution >= 0.6 is 11.8 Å². The second-order valence-corrected chi connectivity index (χ2v) is 4.72. The van der Waals surface area contributed by atoms with Crippen molar-refractivity contribution < 1.29 is 4.74 Å². The molecule has 0 bridgehead atoms. The molecular formula is C12H12N6OS. The van der Waals surface area contributed by atoms with Crippen LogP contribution in [0.1, 0.15) is 0 Å². The van der Waals surface area contributed by atoms with Gasteiger partial charge in [-0.2, -0.15) is 19.5 Å². The first-order valence-corrected chi connectivity index (χ1v) is 7.02. The molecule has 1 aromatic carbocycles. The smallest absolute Gasteiger partial charge is 0.258 e. The summed E-state index contributed by atoms with van der Waals surface area (Å²) in [7, 11) is 1.62. The predicted molar refractivity (Wildman–Crippen MR) is 76.8 cm³/mol. The SMILES string of the molecule is COc1ccc(-c2nc3nc(SC)nc(N)n3n2)cc1. The van der Waals surface area contributed by atoms with Gasteiger partial charge >= 0.3 is 0 Å². The number of hydrogen-bond donors (Lipinski definition) is 1. The highest BCUT2D eigenvalue weighted by atomic mass is 32.2. The van der Waals surface area contributed by atoms with Gasteiger partial charge in [0.25, 0.3) is 5.78 Å². The van der Waals surface area contributed by atoms with Crippen LogP contribution in [0.3, 0.4) is 0 Å². The van der Waals surface area contributed by atoms with Crippen molar-refractivity contribution in [3.8, 4) is 17.1 Å². The van der Waals surface area contributed by atoms with E-state index in [4.69, 9.17) is 10.5 Å². The van der Waals surface area contributed by atoms with Crippen LogP contribution in [-0.2, 0) is 0 Å². The van der Waals surface area contributed by atoms with E-state index in [1.807, 2.05) is 30.5 Å². The zero-order valence-electron chi connectivity index (χ0n) is 10.9. The van der Waals surface area contributed by atoms with Crippen LogP contribution in [0.15, 0.2) is 29.4 Å². The van der Waals surface area contributed by atoms with Crippen LogP contribution in [0.4, 0.5) is 5.95 Å². The number of benzene rings is 1. The molecule has 0 atom stereocenters. The Morgan fingerprint density at radius 3 is 2.55 bits per heavy atom. The molecular weight excluding hydrogens is 276 g/mol. The van der Waals surface area contributed by atoms with Crippen molar-refractivity contribution in [2.45, 2.75) is 5.16 Å². The number of aromatic nitrogens is 5. The molecule has 0 aliphatic heterocycles. The monoisotopic (exact) mass is 288 g/mol. The molecule has 2 N–H and O–H groups in total. The van der Waals surface area contributed by atoms with Gasteiger partial charge in [-0.05, 0) is 30.5 Å². The number of anilines is 1. The van der Waals surface area contributed by atoms with Gasteiger partial charge in [0.1, 0.15) is 5.75 Å². The quantitative estimate of drug-likeness (QED) is 0.730. The number of rotatable bonds is 3. The van der Waals surface area contributed by atoms with Crippen molar-refractivity contribution in [2.75, 3.05) is 19.1 Å². The first-order chi connectivity index (χ1) is 9.71. The third-order valence-corrected chi connectivity index (χ3v) is 3.29. The molecule has 20 heavy (non-hydrogen) atoms. The summed E-state index contributed by atoms with van der Waals surface area (Å²) in [6, 6.07) is 7.46. The number of thioether (sulfide) groups is 1. The van der Waals surface area contributed by atoms with Crippen LogP contribution in [0.5, 0.6) is 5.75 Å². The molecule has 0 saturated carbocycles. The van der Waals surface area contributed by atoms with Gasteiger partial charge in [-0.15, -0.1) is 5.10 Å². The number of ether oxygens (including phenoxy) is 1. The second kappa shape index (κ2) is 4.97. The molecule has 0 aliphatic carbocycles. The summed E-state index contributed by atoms with van der Waals surface area (Å²) in [4.78, 5) is 12.8. The maximum Gasteiger partial charge on any atom is 0.258 e. The van der Waals surface area contributed by atoms with Crippen LogP contribution in [0, 0.1) is 0 Å². The maximum absolute atomic E-state index is 5.85. The fraction of sp³-hybridized carbons (Fsp3) is 0.167. The van der Waals surface area contributed by atoms with Crippen LogP contribution in [-0.4, -0.2) is 37.9 Å². The first-order valence-electron chi connectivity index (χ1n) is 5.80. The maximum atomic E-state index is 5.85. The summed E-state index contributed by atoms with van der Waals surface area (Å²) >= 11 is 1.41. The van der Waals surface area contributed by atoms with E-state index in [0.717, 1.165) is 11.3 Å². The Bertz CT molecular complexity index is 754. The molecule has 0 radical (unpaired) electrons. The minimum Gasteiger partial charge on any atom is -0.497 e. The largest absolute Gasteiger partial charge is 0.497 e. The van der Waals surface area contributed by atoms with Gasteiger partial charge in [0.05, 0.1) is 7.11 Å². The van der Waals surface area contributed by atoms with E-state index < -0.39 is 0 Å². The van der Waals surface area contributed by atoms with E-state index in [0.29, 0.717) is 16.8 Å². The van der Waals surface area contributed by atoms with Crippen molar-refractivity contribution in [2.24, 2.45) is 0 Å². The van der Waals surface area contributed by atoms with Crippen molar-refractivity contribution in [3.63, 3.8) is 0 Å². The number of hydrogen-bond acceptors (Lipinski definition) is 7. The van der Waals surface area contributed by atoms with Gasteiger partial charge < -0.3 is 10.5 Å². The fourth-order valence-electron chi connectivity index (χ4n) is 1.74. The van der Waals surface area contributed by atoms with Crippen molar-refractivity contribution >= 4 is 23.5 Å². The number of nitrogens with zero attached hydrogens (tertiary/aromatic N) is 5. The Morgan fingerprint density at radius 1 is 1.15 bits per heavy atom. The number of nitrogens with two attached hydrogens (primary N) is 1. The van der Waals surface area contributed by atoms with E-state index in [1.54, 1.807) is 7.11 Å². The summed E-state index contributed by atoms with van der Waals surface area (Å²) in [5.41, 5.74) is 6.71. The fourth-order valence-corrected chi connectivity index (χ4v) is 2.10. The molecule has 0 aliphatic rings. The lowest BCUT2D eigenvalue weighted by Crippen LogP contribution is -2.04. The highest BCUT2D eigenvalue weighted by Gasteiger charge is 2.11. The van der Waals surface area contributed by atoms with Gasteiger partial charge in [-0.25, -0.2) is 0 Å². The molecule has 0 unspecified atom stereocenters. The number of methoxy groups -OCH3 is 1. The summed E-state index contributed by atoms with van der Waals surface area (Å²) in [5.74, 6) is 2.03. The number of nitrogen functional groups attached to an aromatic ring is 1. The van der Waals surface area contributed by atoms with E-state index in [1.165, 1.54) is 16.3 Å². The first kappa shape index (κ1) is 12.7. The van der Waals surface area contributed by atoms with Gasteiger partial charge in [0, 0.05) is 5.56 Å².